The molecular weight excluding hydrogens is 334 g/mol. The van der Waals surface area contributed by atoms with Gasteiger partial charge in [-0.2, -0.15) is 4.57 Å². The highest BCUT2D eigenvalue weighted by molar-refractivity contribution is 6.17. The Hall–Kier alpha value is -3.33. The molecule has 0 N–H and O–H groups in total. The van der Waals surface area contributed by atoms with Gasteiger partial charge in [0, 0.05) is 21.7 Å². The predicted octanol–water partition coefficient (Wildman–Crippen LogP) is 5.95. The van der Waals surface area contributed by atoms with E-state index in [1.54, 1.807) is 0 Å². The highest BCUT2D eigenvalue weighted by Gasteiger charge is 2.32. The number of ether oxygens (including phenoxy) is 1. The molecule has 0 radical (unpaired) electrons. The fraction of sp³-hybridized carbons (Fsp3) is 0.125. The van der Waals surface area contributed by atoms with E-state index in [0.717, 1.165) is 44.4 Å². The van der Waals surface area contributed by atoms with Gasteiger partial charge in [-0.1, -0.05) is 30.3 Å². The van der Waals surface area contributed by atoms with Gasteiger partial charge in [-0.25, -0.2) is 0 Å². The van der Waals surface area contributed by atoms with Crippen LogP contribution < -0.4 is 9.30 Å². The summed E-state index contributed by atoms with van der Waals surface area (Å²) >= 11 is 0. The molecular formula is C24H18NO2+. The fourth-order valence-corrected chi connectivity index (χ4v) is 4.51. The van der Waals surface area contributed by atoms with Crippen molar-refractivity contribution in [1.29, 1.82) is 0 Å². The Morgan fingerprint density at radius 1 is 0.852 bits per heavy atom. The molecule has 3 heterocycles. The maximum Gasteiger partial charge on any atom is 0.228 e. The number of para-hydroxylation sites is 1. The van der Waals surface area contributed by atoms with Crippen LogP contribution in [0.2, 0.25) is 0 Å². The zero-order chi connectivity index (χ0) is 18.3. The van der Waals surface area contributed by atoms with E-state index in [-0.39, 0.29) is 0 Å². The molecule has 0 saturated carbocycles. The highest BCUT2D eigenvalue weighted by Crippen LogP contribution is 2.51. The first-order chi connectivity index (χ1) is 13.1. The number of benzene rings is 3. The minimum absolute atomic E-state index is 0.822. The number of aromatic nitrogens is 1. The van der Waals surface area contributed by atoms with Crippen molar-refractivity contribution in [3.8, 4) is 22.8 Å². The van der Waals surface area contributed by atoms with Gasteiger partial charge in [-0.05, 0) is 37.6 Å². The maximum atomic E-state index is 6.48. The van der Waals surface area contributed by atoms with Gasteiger partial charge in [-0.15, -0.1) is 0 Å². The average molecular weight is 352 g/mol. The van der Waals surface area contributed by atoms with E-state index >= 15 is 0 Å². The van der Waals surface area contributed by atoms with Crippen LogP contribution in [-0.4, -0.2) is 0 Å². The lowest BCUT2D eigenvalue weighted by molar-refractivity contribution is -0.659. The monoisotopic (exact) mass is 352 g/mol. The molecule has 2 aromatic heterocycles. The zero-order valence-electron chi connectivity index (χ0n) is 15.5. The third-order valence-corrected chi connectivity index (χ3v) is 5.71. The summed E-state index contributed by atoms with van der Waals surface area (Å²) in [7, 11) is 2.11. The second-order valence-electron chi connectivity index (χ2n) is 7.42. The molecule has 3 nitrogen and oxygen atoms in total. The highest BCUT2D eigenvalue weighted by atomic mass is 16.5. The first kappa shape index (κ1) is 14.8. The van der Waals surface area contributed by atoms with Crippen LogP contribution in [0.3, 0.4) is 0 Å². The molecule has 0 spiro atoms. The SMILES string of the molecule is Cc1cccc2c1-c1c3c(c4oc5ccccc5c4cc3c(C)c[n+]1C)O2. The smallest absolute Gasteiger partial charge is 0.228 e. The number of fused-ring (bicyclic) bond motifs is 6. The summed E-state index contributed by atoms with van der Waals surface area (Å²) in [6.07, 6.45) is 2.21. The van der Waals surface area contributed by atoms with Crippen LogP contribution in [0.4, 0.5) is 0 Å². The zero-order valence-corrected chi connectivity index (χ0v) is 15.5. The number of aryl methyl sites for hydroxylation is 3. The summed E-state index contributed by atoms with van der Waals surface area (Å²) in [6, 6.07) is 16.7. The molecule has 0 atom stereocenters. The molecule has 27 heavy (non-hydrogen) atoms. The van der Waals surface area contributed by atoms with Gasteiger partial charge >= 0.3 is 0 Å². The lowest BCUT2D eigenvalue weighted by atomic mass is 9.93. The van der Waals surface area contributed by atoms with Gasteiger partial charge in [0.1, 0.15) is 23.8 Å². The number of pyridine rings is 1. The fourth-order valence-electron chi connectivity index (χ4n) is 4.51. The molecule has 0 fully saturated rings. The number of rotatable bonds is 0. The summed E-state index contributed by atoms with van der Waals surface area (Å²) in [6.45, 7) is 4.29. The van der Waals surface area contributed by atoms with Crippen molar-refractivity contribution in [2.75, 3.05) is 0 Å². The van der Waals surface area contributed by atoms with Crippen LogP contribution >= 0.6 is 0 Å². The first-order valence-corrected chi connectivity index (χ1v) is 9.18. The normalized spacial score (nSPS) is 12.6. The van der Waals surface area contributed by atoms with Gasteiger partial charge in [0.05, 0.1) is 5.56 Å². The molecule has 5 aromatic rings. The standard InChI is InChI=1S/C24H18NO2/c1-13-7-6-10-19-20(13)22-21-16(14(2)12-25(22)3)11-17-15-8-4-5-9-18(15)26-23(17)24(21)27-19/h4-12H,1-3H3/q+1. The Kier molecular flexibility index (Phi) is 2.68. The van der Waals surface area contributed by atoms with E-state index in [2.05, 4.69) is 55.9 Å². The molecule has 1 aliphatic heterocycles. The maximum absolute atomic E-state index is 6.48. The Morgan fingerprint density at radius 3 is 2.59 bits per heavy atom. The van der Waals surface area contributed by atoms with E-state index in [4.69, 9.17) is 9.15 Å². The van der Waals surface area contributed by atoms with Crippen molar-refractivity contribution >= 4 is 32.7 Å². The van der Waals surface area contributed by atoms with Crippen LogP contribution in [0.15, 0.2) is 59.1 Å². The molecule has 3 heteroatoms. The minimum Gasteiger partial charge on any atom is -0.452 e. The van der Waals surface area contributed by atoms with Gasteiger partial charge in [0.15, 0.2) is 17.5 Å². The second-order valence-corrected chi connectivity index (χ2v) is 7.42. The third kappa shape index (κ3) is 1.78. The number of hydrogen-bond donors (Lipinski definition) is 0. The van der Waals surface area contributed by atoms with Crippen LogP contribution in [0, 0.1) is 13.8 Å². The second kappa shape index (κ2) is 4.89. The minimum atomic E-state index is 0.822. The van der Waals surface area contributed by atoms with E-state index in [9.17, 15) is 0 Å². The van der Waals surface area contributed by atoms with Crippen LogP contribution in [-0.2, 0) is 7.05 Å². The summed E-state index contributed by atoms with van der Waals surface area (Å²) < 4.78 is 15.0. The van der Waals surface area contributed by atoms with Gasteiger partial charge in [-0.3, -0.25) is 0 Å². The van der Waals surface area contributed by atoms with Crippen LogP contribution in [0.5, 0.6) is 11.5 Å². The largest absolute Gasteiger partial charge is 0.452 e. The number of furan rings is 1. The lowest BCUT2D eigenvalue weighted by Crippen LogP contribution is -2.32. The van der Waals surface area contributed by atoms with Crippen molar-refractivity contribution < 1.29 is 13.7 Å². The molecule has 3 aromatic carbocycles. The van der Waals surface area contributed by atoms with Crippen molar-refractivity contribution in [2.45, 2.75) is 13.8 Å². The van der Waals surface area contributed by atoms with Crippen molar-refractivity contribution in [2.24, 2.45) is 7.05 Å². The van der Waals surface area contributed by atoms with Gasteiger partial charge in [0.2, 0.25) is 5.69 Å². The third-order valence-electron chi connectivity index (χ3n) is 5.71. The Bertz CT molecular complexity index is 1430. The molecule has 0 amide bonds. The Morgan fingerprint density at radius 2 is 1.70 bits per heavy atom. The quantitative estimate of drug-likeness (QED) is 0.316. The Balaban J connectivity index is 1.92. The predicted molar refractivity (Wildman–Crippen MR) is 107 cm³/mol. The van der Waals surface area contributed by atoms with Crippen LogP contribution in [0.1, 0.15) is 11.1 Å². The molecule has 0 unspecified atom stereocenters. The molecule has 130 valence electrons. The summed E-state index contributed by atoms with van der Waals surface area (Å²) in [5.41, 5.74) is 6.50. The van der Waals surface area contributed by atoms with Crippen molar-refractivity contribution in [3.63, 3.8) is 0 Å². The van der Waals surface area contributed by atoms with Crippen molar-refractivity contribution in [1.82, 2.24) is 0 Å². The van der Waals surface area contributed by atoms with E-state index < -0.39 is 0 Å². The Labute approximate surface area is 156 Å². The topological polar surface area (TPSA) is 26.2 Å². The first-order valence-electron chi connectivity index (χ1n) is 9.18. The van der Waals surface area contributed by atoms with Crippen LogP contribution in [0.25, 0.3) is 44.0 Å². The summed E-state index contributed by atoms with van der Waals surface area (Å²) in [5.74, 6) is 1.71. The molecule has 0 saturated heterocycles. The number of nitrogens with zero attached hydrogens (tertiary/aromatic N) is 1. The van der Waals surface area contributed by atoms with Crippen molar-refractivity contribution in [3.05, 3.63) is 65.9 Å². The molecule has 0 aliphatic carbocycles. The number of hydrogen-bond acceptors (Lipinski definition) is 2. The lowest BCUT2D eigenvalue weighted by Gasteiger charge is -2.21. The molecule has 1 aliphatic rings. The summed E-state index contributed by atoms with van der Waals surface area (Å²) in [5, 5.41) is 4.57. The molecule has 6 rings (SSSR count). The van der Waals surface area contributed by atoms with E-state index in [1.807, 2.05) is 24.3 Å². The van der Waals surface area contributed by atoms with E-state index in [0.29, 0.717) is 0 Å². The van der Waals surface area contributed by atoms with Gasteiger partial charge in [0.25, 0.3) is 0 Å². The van der Waals surface area contributed by atoms with E-state index in [1.165, 1.54) is 22.2 Å². The average Bonchev–Trinajstić information content (AvgIpc) is 3.04. The summed E-state index contributed by atoms with van der Waals surface area (Å²) in [4.78, 5) is 0. The van der Waals surface area contributed by atoms with Gasteiger partial charge < -0.3 is 9.15 Å². The molecule has 0 bridgehead atoms.